The highest BCUT2D eigenvalue weighted by molar-refractivity contribution is 7.12. The van der Waals surface area contributed by atoms with Gasteiger partial charge in [0.25, 0.3) is 0 Å². The normalized spacial score (nSPS) is 10.9. The van der Waals surface area contributed by atoms with Gasteiger partial charge in [-0.25, -0.2) is 15.0 Å². The summed E-state index contributed by atoms with van der Waals surface area (Å²) >= 11 is 1.49. The van der Waals surface area contributed by atoms with Crippen LogP contribution in [-0.4, -0.2) is 29.2 Å². The van der Waals surface area contributed by atoms with Crippen LogP contribution in [0.25, 0.3) is 10.8 Å². The lowest BCUT2D eigenvalue weighted by molar-refractivity contribution is -0.108. The van der Waals surface area contributed by atoms with Crippen LogP contribution in [0.1, 0.15) is 12.0 Å². The third-order valence-corrected chi connectivity index (χ3v) is 2.74. The van der Waals surface area contributed by atoms with E-state index in [4.69, 9.17) is 9.47 Å². The molecule has 0 aromatic carbocycles. The van der Waals surface area contributed by atoms with Gasteiger partial charge in [0.1, 0.15) is 5.69 Å². The fraction of sp³-hybridized carbons (Fsp3) is 0.300. The molecule has 0 amide bonds. The fourth-order valence-corrected chi connectivity index (χ4v) is 1.85. The van der Waals surface area contributed by atoms with Crippen molar-refractivity contribution in [2.75, 3.05) is 14.2 Å². The molecule has 0 unspecified atom stereocenters. The third kappa shape index (κ3) is 2.24. The number of hydrogen-bond acceptors (Lipinski definition) is 6. The molecular formula is C10H11N3O2S. The van der Waals surface area contributed by atoms with Crippen LogP contribution >= 0.6 is 11.3 Å². The molecule has 0 atom stereocenters. The second kappa shape index (κ2) is 5.11. The summed E-state index contributed by atoms with van der Waals surface area (Å²) in [5.74, 6) is 0.589. The number of hydrogen-bond donors (Lipinski definition) is 0. The number of aromatic nitrogens is 3. The molecule has 0 aliphatic carbocycles. The van der Waals surface area contributed by atoms with Crippen LogP contribution in [0.4, 0.5) is 0 Å². The zero-order chi connectivity index (χ0) is 11.4. The Morgan fingerprint density at radius 1 is 1.19 bits per heavy atom. The van der Waals surface area contributed by atoms with Gasteiger partial charge in [0, 0.05) is 32.0 Å². The van der Waals surface area contributed by atoms with Gasteiger partial charge in [-0.1, -0.05) is 0 Å². The first-order chi connectivity index (χ1) is 7.85. The first kappa shape index (κ1) is 11.1. The molecule has 0 fully saturated rings. The Bertz CT molecular complexity index is 443. The molecule has 0 radical (unpaired) electrons. The molecular weight excluding hydrogens is 226 g/mol. The predicted octanol–water partition coefficient (Wildman–Crippen LogP) is 1.89. The van der Waals surface area contributed by atoms with Gasteiger partial charge in [0.2, 0.25) is 6.29 Å². The molecule has 2 aromatic rings. The molecule has 0 saturated carbocycles. The van der Waals surface area contributed by atoms with Crippen LogP contribution in [0.3, 0.4) is 0 Å². The van der Waals surface area contributed by atoms with Gasteiger partial charge in [0.15, 0.2) is 10.8 Å². The van der Waals surface area contributed by atoms with E-state index in [-0.39, 0.29) is 0 Å². The average molecular weight is 237 g/mol. The van der Waals surface area contributed by atoms with Crippen molar-refractivity contribution >= 4 is 11.3 Å². The van der Waals surface area contributed by atoms with E-state index in [1.54, 1.807) is 32.7 Å². The van der Waals surface area contributed by atoms with Gasteiger partial charge >= 0.3 is 0 Å². The van der Waals surface area contributed by atoms with Gasteiger partial charge in [-0.15, -0.1) is 11.3 Å². The van der Waals surface area contributed by atoms with Crippen molar-refractivity contribution in [3.05, 3.63) is 29.5 Å². The Morgan fingerprint density at radius 2 is 2.00 bits per heavy atom. The number of thiazole rings is 1. The first-order valence-electron chi connectivity index (χ1n) is 4.63. The summed E-state index contributed by atoms with van der Waals surface area (Å²) in [5.41, 5.74) is 0.685. The Kier molecular flexibility index (Phi) is 3.55. The maximum Gasteiger partial charge on any atom is 0.200 e. The Labute approximate surface area is 97.1 Å². The minimum atomic E-state index is -0.471. The molecule has 2 aromatic heterocycles. The van der Waals surface area contributed by atoms with E-state index in [1.807, 2.05) is 5.38 Å². The molecule has 0 aliphatic heterocycles. The molecule has 0 aliphatic rings. The lowest BCUT2D eigenvalue weighted by Gasteiger charge is -2.12. The Balaban J connectivity index is 2.33. The topological polar surface area (TPSA) is 57.1 Å². The van der Waals surface area contributed by atoms with Crippen molar-refractivity contribution in [3.63, 3.8) is 0 Å². The highest BCUT2D eigenvalue weighted by atomic mass is 32.1. The lowest BCUT2D eigenvalue weighted by atomic mass is 10.4. The Hall–Kier alpha value is -1.37. The molecule has 0 N–H and O–H groups in total. The third-order valence-electron chi connectivity index (χ3n) is 1.97. The summed E-state index contributed by atoms with van der Waals surface area (Å²) < 4.78 is 10.3. The quantitative estimate of drug-likeness (QED) is 0.760. The maximum absolute atomic E-state index is 5.13. The van der Waals surface area contributed by atoms with E-state index in [0.717, 1.165) is 5.01 Å². The summed E-state index contributed by atoms with van der Waals surface area (Å²) in [6.45, 7) is 0. The van der Waals surface area contributed by atoms with Crippen molar-refractivity contribution in [1.82, 2.24) is 15.0 Å². The minimum absolute atomic E-state index is 0.471. The highest BCUT2D eigenvalue weighted by Gasteiger charge is 2.12. The molecule has 6 heteroatoms. The van der Waals surface area contributed by atoms with Crippen molar-refractivity contribution in [2.45, 2.75) is 6.29 Å². The number of ether oxygens (including phenoxy) is 2. The van der Waals surface area contributed by atoms with Crippen molar-refractivity contribution in [1.29, 1.82) is 0 Å². The minimum Gasteiger partial charge on any atom is -0.350 e. The van der Waals surface area contributed by atoms with Gasteiger partial charge in [-0.2, -0.15) is 0 Å². The van der Waals surface area contributed by atoms with Crippen LogP contribution in [0, 0.1) is 0 Å². The fourth-order valence-electron chi connectivity index (χ4n) is 1.28. The van der Waals surface area contributed by atoms with Crippen molar-refractivity contribution in [3.8, 4) is 10.8 Å². The molecule has 0 bridgehead atoms. The second-order valence-corrected chi connectivity index (χ2v) is 3.84. The van der Waals surface area contributed by atoms with Crippen LogP contribution in [-0.2, 0) is 9.47 Å². The second-order valence-electron chi connectivity index (χ2n) is 2.95. The maximum atomic E-state index is 5.13. The summed E-state index contributed by atoms with van der Waals surface area (Å²) in [4.78, 5) is 12.7. The van der Waals surface area contributed by atoms with Gasteiger partial charge < -0.3 is 9.47 Å². The smallest absolute Gasteiger partial charge is 0.200 e. The average Bonchev–Trinajstić information content (AvgIpc) is 2.85. The molecule has 2 heterocycles. The zero-order valence-corrected chi connectivity index (χ0v) is 9.77. The number of methoxy groups -OCH3 is 2. The van der Waals surface area contributed by atoms with E-state index in [0.29, 0.717) is 11.5 Å². The molecule has 5 nitrogen and oxygen atoms in total. The van der Waals surface area contributed by atoms with Gasteiger partial charge in [-0.3, -0.25) is 0 Å². The molecule has 16 heavy (non-hydrogen) atoms. The van der Waals surface area contributed by atoms with Gasteiger partial charge in [-0.05, 0) is 6.07 Å². The largest absolute Gasteiger partial charge is 0.350 e. The SMILES string of the molecule is COC(OC)c1ccnc(-c2nccs2)n1. The summed E-state index contributed by atoms with van der Waals surface area (Å²) in [6.07, 6.45) is 2.92. The van der Waals surface area contributed by atoms with Crippen LogP contribution in [0.2, 0.25) is 0 Å². The summed E-state index contributed by atoms with van der Waals surface area (Å²) in [7, 11) is 3.14. The van der Waals surface area contributed by atoms with Crippen molar-refractivity contribution in [2.24, 2.45) is 0 Å². The van der Waals surface area contributed by atoms with E-state index in [1.165, 1.54) is 11.3 Å². The monoisotopic (exact) mass is 237 g/mol. The first-order valence-corrected chi connectivity index (χ1v) is 5.51. The van der Waals surface area contributed by atoms with Crippen LogP contribution in [0.5, 0.6) is 0 Å². The number of nitrogens with zero attached hydrogens (tertiary/aromatic N) is 3. The van der Waals surface area contributed by atoms with Gasteiger partial charge in [0.05, 0.1) is 0 Å². The molecule has 84 valence electrons. The van der Waals surface area contributed by atoms with Crippen LogP contribution in [0.15, 0.2) is 23.8 Å². The highest BCUT2D eigenvalue weighted by Crippen LogP contribution is 2.20. The standard InChI is InChI=1S/C10H11N3O2S/c1-14-10(15-2)7-3-4-11-8(13-7)9-12-5-6-16-9/h3-6,10H,1-2H3. The molecule has 2 rings (SSSR count). The Morgan fingerprint density at radius 3 is 2.62 bits per heavy atom. The van der Waals surface area contributed by atoms with E-state index in [2.05, 4.69) is 15.0 Å². The summed E-state index contributed by atoms with van der Waals surface area (Å²) in [5, 5.41) is 2.67. The van der Waals surface area contributed by atoms with E-state index >= 15 is 0 Å². The van der Waals surface area contributed by atoms with E-state index in [9.17, 15) is 0 Å². The molecule has 0 spiro atoms. The lowest BCUT2D eigenvalue weighted by Crippen LogP contribution is -2.07. The predicted molar refractivity (Wildman–Crippen MR) is 59.9 cm³/mol. The van der Waals surface area contributed by atoms with Crippen molar-refractivity contribution < 1.29 is 9.47 Å². The van der Waals surface area contributed by atoms with Crippen LogP contribution < -0.4 is 0 Å². The summed E-state index contributed by atoms with van der Waals surface area (Å²) in [6, 6.07) is 1.76. The van der Waals surface area contributed by atoms with E-state index < -0.39 is 6.29 Å². The number of rotatable bonds is 4. The molecule has 0 saturated heterocycles. The zero-order valence-electron chi connectivity index (χ0n) is 8.95.